The van der Waals surface area contributed by atoms with Crippen LogP contribution < -0.4 is 9.47 Å². The first-order chi connectivity index (χ1) is 11.3. The van der Waals surface area contributed by atoms with Crippen LogP contribution in [0.5, 0.6) is 11.5 Å². The molecule has 5 heteroatoms. The Kier molecular flexibility index (Phi) is 4.78. The smallest absolute Gasteiger partial charge is 0.231 e. The third kappa shape index (κ3) is 3.81. The number of aliphatic hydroxyl groups excluding tert-OH is 1. The van der Waals surface area contributed by atoms with E-state index in [-0.39, 0.29) is 25.7 Å². The Balaban J connectivity index is 1.68. The highest BCUT2D eigenvalue weighted by Gasteiger charge is 2.17. The van der Waals surface area contributed by atoms with Gasteiger partial charge in [-0.25, -0.2) is 0 Å². The number of hydrogen-bond acceptors (Lipinski definition) is 4. The Morgan fingerprint density at radius 3 is 2.61 bits per heavy atom. The van der Waals surface area contributed by atoms with Crippen molar-refractivity contribution in [1.29, 1.82) is 0 Å². The molecule has 0 saturated carbocycles. The van der Waals surface area contributed by atoms with E-state index in [0.717, 1.165) is 11.1 Å². The fraction of sp³-hybridized carbons (Fsp3) is 0.278. The lowest BCUT2D eigenvalue weighted by Gasteiger charge is -2.22. The number of hydrogen-bond donors (Lipinski definition) is 1. The van der Waals surface area contributed by atoms with Crippen LogP contribution in [0.4, 0.5) is 0 Å². The molecule has 1 N–H and O–H groups in total. The summed E-state index contributed by atoms with van der Waals surface area (Å²) >= 11 is 0. The molecular weight excluding hydrogens is 294 g/mol. The first-order valence-electron chi connectivity index (χ1n) is 7.57. The van der Waals surface area contributed by atoms with E-state index in [4.69, 9.17) is 9.47 Å². The van der Waals surface area contributed by atoms with Crippen molar-refractivity contribution in [3.8, 4) is 11.5 Å². The normalized spacial score (nSPS) is 12.2. The molecule has 0 aliphatic carbocycles. The first kappa shape index (κ1) is 15.4. The highest BCUT2D eigenvalue weighted by Crippen LogP contribution is 2.32. The summed E-state index contributed by atoms with van der Waals surface area (Å²) in [5.74, 6) is 1.35. The van der Waals surface area contributed by atoms with Crippen molar-refractivity contribution in [2.45, 2.75) is 13.0 Å². The summed E-state index contributed by atoms with van der Waals surface area (Å²) in [6.45, 7) is 0.972. The molecular formula is C18H19NO4. The summed E-state index contributed by atoms with van der Waals surface area (Å²) < 4.78 is 10.6. The molecule has 1 heterocycles. The number of fused-ring (bicyclic) bond motifs is 1. The van der Waals surface area contributed by atoms with Crippen LogP contribution in [-0.2, 0) is 17.8 Å². The summed E-state index contributed by atoms with van der Waals surface area (Å²) in [5.41, 5.74) is 1.91. The standard InChI is InChI=1S/C18H19NO4/c20-9-8-19(12-14-4-2-1-3-5-14)18(21)11-15-6-7-16-17(10-15)23-13-22-16/h1-7,10,20H,8-9,11-13H2. The number of rotatable bonds is 6. The molecule has 3 rings (SSSR count). The molecule has 0 spiro atoms. The SMILES string of the molecule is O=C(Cc1ccc2c(c1)OCO2)N(CCO)Cc1ccccc1. The molecule has 0 aromatic heterocycles. The molecule has 2 aromatic carbocycles. The maximum absolute atomic E-state index is 12.5. The Labute approximate surface area is 135 Å². The summed E-state index contributed by atoms with van der Waals surface area (Å²) in [7, 11) is 0. The van der Waals surface area contributed by atoms with Crippen LogP contribution in [0, 0.1) is 0 Å². The third-order valence-corrected chi connectivity index (χ3v) is 3.73. The lowest BCUT2D eigenvalue weighted by atomic mass is 10.1. The molecule has 0 bridgehead atoms. The van der Waals surface area contributed by atoms with Crippen LogP contribution in [0.15, 0.2) is 48.5 Å². The Morgan fingerprint density at radius 1 is 1.04 bits per heavy atom. The van der Waals surface area contributed by atoms with E-state index in [1.807, 2.05) is 48.5 Å². The van der Waals surface area contributed by atoms with Crippen LogP contribution in [0.2, 0.25) is 0 Å². The van der Waals surface area contributed by atoms with Gasteiger partial charge in [-0.3, -0.25) is 4.79 Å². The largest absolute Gasteiger partial charge is 0.454 e. The van der Waals surface area contributed by atoms with Gasteiger partial charge in [0.25, 0.3) is 0 Å². The van der Waals surface area contributed by atoms with Crippen molar-refractivity contribution in [2.75, 3.05) is 19.9 Å². The van der Waals surface area contributed by atoms with E-state index in [9.17, 15) is 9.90 Å². The van der Waals surface area contributed by atoms with Crippen LogP contribution in [0.3, 0.4) is 0 Å². The van der Waals surface area contributed by atoms with Crippen LogP contribution in [-0.4, -0.2) is 35.9 Å². The first-order valence-corrected chi connectivity index (χ1v) is 7.57. The molecule has 0 saturated heterocycles. The Hall–Kier alpha value is -2.53. The highest BCUT2D eigenvalue weighted by molar-refractivity contribution is 5.79. The van der Waals surface area contributed by atoms with Crippen molar-refractivity contribution in [1.82, 2.24) is 4.90 Å². The zero-order valence-corrected chi connectivity index (χ0v) is 12.8. The van der Waals surface area contributed by atoms with Crippen LogP contribution in [0.25, 0.3) is 0 Å². The molecule has 5 nitrogen and oxygen atoms in total. The average molecular weight is 313 g/mol. The fourth-order valence-corrected chi connectivity index (χ4v) is 2.55. The number of nitrogens with zero attached hydrogens (tertiary/aromatic N) is 1. The minimum atomic E-state index is -0.0558. The van der Waals surface area contributed by atoms with Crippen molar-refractivity contribution in [3.63, 3.8) is 0 Å². The molecule has 0 radical (unpaired) electrons. The quantitative estimate of drug-likeness (QED) is 0.886. The van der Waals surface area contributed by atoms with Gasteiger partial charge in [0.05, 0.1) is 13.0 Å². The second-order valence-corrected chi connectivity index (χ2v) is 5.39. The molecule has 1 amide bonds. The lowest BCUT2D eigenvalue weighted by molar-refractivity contribution is -0.131. The predicted octanol–water partition coefficient (Wildman–Crippen LogP) is 1.98. The van der Waals surface area contributed by atoms with Gasteiger partial charge in [-0.1, -0.05) is 36.4 Å². The molecule has 1 aliphatic rings. The van der Waals surface area contributed by atoms with Gasteiger partial charge in [0.15, 0.2) is 11.5 Å². The predicted molar refractivity (Wildman–Crippen MR) is 85.2 cm³/mol. The molecule has 0 atom stereocenters. The van der Waals surface area contributed by atoms with E-state index >= 15 is 0 Å². The van der Waals surface area contributed by atoms with Gasteiger partial charge in [-0.2, -0.15) is 0 Å². The average Bonchev–Trinajstić information content (AvgIpc) is 3.03. The second kappa shape index (κ2) is 7.15. The molecule has 1 aliphatic heterocycles. The van der Waals surface area contributed by atoms with E-state index in [2.05, 4.69) is 0 Å². The Morgan fingerprint density at radius 2 is 1.83 bits per heavy atom. The monoisotopic (exact) mass is 313 g/mol. The van der Waals surface area contributed by atoms with Gasteiger partial charge in [0.1, 0.15) is 0 Å². The fourth-order valence-electron chi connectivity index (χ4n) is 2.55. The minimum Gasteiger partial charge on any atom is -0.454 e. The summed E-state index contributed by atoms with van der Waals surface area (Å²) in [4.78, 5) is 14.2. The van der Waals surface area contributed by atoms with Gasteiger partial charge >= 0.3 is 0 Å². The molecule has 23 heavy (non-hydrogen) atoms. The van der Waals surface area contributed by atoms with Crippen molar-refractivity contribution >= 4 is 5.91 Å². The summed E-state index contributed by atoms with van der Waals surface area (Å²) in [6.07, 6.45) is 0.267. The van der Waals surface area contributed by atoms with E-state index in [1.54, 1.807) is 4.90 Å². The van der Waals surface area contributed by atoms with E-state index < -0.39 is 0 Å². The van der Waals surface area contributed by atoms with Gasteiger partial charge in [0.2, 0.25) is 12.7 Å². The number of ether oxygens (including phenoxy) is 2. The minimum absolute atomic E-state index is 0.0261. The van der Waals surface area contributed by atoms with Gasteiger partial charge in [0, 0.05) is 13.1 Å². The van der Waals surface area contributed by atoms with Crippen molar-refractivity contribution in [3.05, 3.63) is 59.7 Å². The maximum Gasteiger partial charge on any atom is 0.231 e. The summed E-state index contributed by atoms with van der Waals surface area (Å²) in [5, 5.41) is 9.23. The second-order valence-electron chi connectivity index (χ2n) is 5.39. The van der Waals surface area contributed by atoms with E-state index in [0.29, 0.717) is 24.6 Å². The Bertz CT molecular complexity index is 672. The van der Waals surface area contributed by atoms with Crippen molar-refractivity contribution in [2.24, 2.45) is 0 Å². The number of aliphatic hydroxyl groups is 1. The van der Waals surface area contributed by atoms with Gasteiger partial charge < -0.3 is 19.5 Å². The lowest BCUT2D eigenvalue weighted by Crippen LogP contribution is -2.34. The number of carbonyl (C=O) groups is 1. The van der Waals surface area contributed by atoms with Crippen molar-refractivity contribution < 1.29 is 19.4 Å². The van der Waals surface area contributed by atoms with Gasteiger partial charge in [-0.15, -0.1) is 0 Å². The zero-order valence-electron chi connectivity index (χ0n) is 12.8. The molecule has 120 valence electrons. The molecule has 0 fully saturated rings. The maximum atomic E-state index is 12.5. The van der Waals surface area contributed by atoms with Gasteiger partial charge in [-0.05, 0) is 23.3 Å². The molecule has 2 aromatic rings. The van der Waals surface area contributed by atoms with Crippen LogP contribution >= 0.6 is 0 Å². The number of carbonyl (C=O) groups excluding carboxylic acids is 1. The van der Waals surface area contributed by atoms with Crippen LogP contribution in [0.1, 0.15) is 11.1 Å². The van der Waals surface area contributed by atoms with E-state index in [1.165, 1.54) is 0 Å². The zero-order chi connectivity index (χ0) is 16.1. The highest BCUT2D eigenvalue weighted by atomic mass is 16.7. The number of benzene rings is 2. The molecule has 0 unspecified atom stereocenters. The topological polar surface area (TPSA) is 59.0 Å². The third-order valence-electron chi connectivity index (χ3n) is 3.73. The number of amides is 1. The summed E-state index contributed by atoms with van der Waals surface area (Å²) in [6, 6.07) is 15.3.